The van der Waals surface area contributed by atoms with E-state index in [0.29, 0.717) is 34.1 Å². The average Bonchev–Trinajstić information content (AvgIpc) is 2.79. The van der Waals surface area contributed by atoms with E-state index < -0.39 is 5.82 Å². The summed E-state index contributed by atoms with van der Waals surface area (Å²) in [6.07, 6.45) is 0. The van der Waals surface area contributed by atoms with Crippen LogP contribution in [-0.2, 0) is 0 Å². The third-order valence-electron chi connectivity index (χ3n) is 4.62. The van der Waals surface area contributed by atoms with E-state index in [1.807, 2.05) is 30.3 Å². The molecule has 1 aromatic heterocycles. The van der Waals surface area contributed by atoms with Gasteiger partial charge >= 0.3 is 6.01 Å². The van der Waals surface area contributed by atoms with Crippen molar-refractivity contribution in [3.63, 3.8) is 0 Å². The number of aromatic nitrogens is 2. The number of nitrogens with one attached hydrogen (secondary N) is 1. The molecule has 0 saturated carbocycles. The minimum atomic E-state index is -0.511. The van der Waals surface area contributed by atoms with Crippen LogP contribution in [0.2, 0.25) is 0 Å². The van der Waals surface area contributed by atoms with Crippen LogP contribution >= 0.6 is 0 Å². The number of hydrogen-bond acceptors (Lipinski definition) is 5. The number of carbonyl (C=O) groups excluding carboxylic acids is 1. The number of aryl methyl sites for hydroxylation is 2. The van der Waals surface area contributed by atoms with Gasteiger partial charge in [-0.05, 0) is 62.4 Å². The lowest BCUT2D eigenvalue weighted by Crippen LogP contribution is -2.15. The van der Waals surface area contributed by atoms with E-state index >= 15 is 0 Å². The Labute approximate surface area is 184 Å². The summed E-state index contributed by atoms with van der Waals surface area (Å²) in [6, 6.07) is 22.2. The first-order chi connectivity index (χ1) is 15.5. The summed E-state index contributed by atoms with van der Waals surface area (Å²) in [6.45, 7) is 3.44. The molecule has 0 unspecified atom stereocenters. The van der Waals surface area contributed by atoms with Gasteiger partial charge < -0.3 is 14.8 Å². The number of rotatable bonds is 6. The van der Waals surface area contributed by atoms with Gasteiger partial charge in [-0.15, -0.1) is 0 Å². The Morgan fingerprint density at radius 1 is 0.781 bits per heavy atom. The van der Waals surface area contributed by atoms with Crippen molar-refractivity contribution in [2.45, 2.75) is 13.8 Å². The summed E-state index contributed by atoms with van der Waals surface area (Å²) in [4.78, 5) is 21.2. The zero-order valence-corrected chi connectivity index (χ0v) is 17.5. The Bertz CT molecular complexity index is 1220. The predicted molar refractivity (Wildman–Crippen MR) is 119 cm³/mol. The molecule has 4 aromatic rings. The second kappa shape index (κ2) is 9.26. The first-order valence-corrected chi connectivity index (χ1v) is 9.91. The molecule has 0 atom stereocenters. The minimum absolute atomic E-state index is 0.00510. The van der Waals surface area contributed by atoms with Crippen molar-refractivity contribution in [2.75, 3.05) is 5.32 Å². The van der Waals surface area contributed by atoms with Gasteiger partial charge in [-0.25, -0.2) is 4.39 Å². The van der Waals surface area contributed by atoms with Crippen LogP contribution < -0.4 is 14.8 Å². The van der Waals surface area contributed by atoms with Crippen LogP contribution in [0.3, 0.4) is 0 Å². The summed E-state index contributed by atoms with van der Waals surface area (Å²) in [5, 5.41) is 2.83. The van der Waals surface area contributed by atoms with Gasteiger partial charge in [-0.3, -0.25) is 4.79 Å². The van der Waals surface area contributed by atoms with Crippen molar-refractivity contribution in [2.24, 2.45) is 0 Å². The lowest BCUT2D eigenvalue weighted by Gasteiger charge is -2.13. The maximum Gasteiger partial charge on any atom is 0.322 e. The van der Waals surface area contributed by atoms with Crippen LogP contribution in [0.5, 0.6) is 23.3 Å². The SMILES string of the molecule is Cc1nc(Oc2ccccc2F)nc(C)c1NC(=O)c1ccc(Oc2ccccc2)cc1. The first kappa shape index (κ1) is 21.0. The third-order valence-corrected chi connectivity index (χ3v) is 4.62. The molecule has 6 nitrogen and oxygen atoms in total. The van der Waals surface area contributed by atoms with Gasteiger partial charge in [-0.1, -0.05) is 30.3 Å². The number of carbonyl (C=O) groups is 1. The zero-order valence-electron chi connectivity index (χ0n) is 17.5. The van der Waals surface area contributed by atoms with E-state index in [1.165, 1.54) is 12.1 Å². The summed E-state index contributed by atoms with van der Waals surface area (Å²) in [5.41, 5.74) is 1.93. The summed E-state index contributed by atoms with van der Waals surface area (Å²) in [5.74, 6) is 0.544. The first-order valence-electron chi connectivity index (χ1n) is 9.91. The van der Waals surface area contributed by atoms with Gasteiger partial charge in [0.15, 0.2) is 11.6 Å². The molecular formula is C25H20FN3O3. The largest absolute Gasteiger partial charge is 0.457 e. The van der Waals surface area contributed by atoms with E-state index in [9.17, 15) is 9.18 Å². The fourth-order valence-electron chi connectivity index (χ4n) is 3.02. The highest BCUT2D eigenvalue weighted by molar-refractivity contribution is 6.04. The molecule has 32 heavy (non-hydrogen) atoms. The molecule has 0 radical (unpaired) electrons. The smallest absolute Gasteiger partial charge is 0.322 e. The van der Waals surface area contributed by atoms with Crippen LogP contribution in [0.25, 0.3) is 0 Å². The van der Waals surface area contributed by atoms with E-state index in [-0.39, 0.29) is 17.7 Å². The number of ether oxygens (including phenoxy) is 2. The quantitative estimate of drug-likeness (QED) is 0.403. The second-order valence-corrected chi connectivity index (χ2v) is 6.98. The number of anilines is 1. The molecular weight excluding hydrogens is 409 g/mol. The summed E-state index contributed by atoms with van der Waals surface area (Å²) < 4.78 is 25.0. The average molecular weight is 429 g/mol. The van der Waals surface area contributed by atoms with Gasteiger partial charge in [0.2, 0.25) is 0 Å². The lowest BCUT2D eigenvalue weighted by molar-refractivity contribution is 0.102. The number of hydrogen-bond donors (Lipinski definition) is 1. The second-order valence-electron chi connectivity index (χ2n) is 6.98. The molecule has 3 aromatic carbocycles. The lowest BCUT2D eigenvalue weighted by atomic mass is 10.2. The topological polar surface area (TPSA) is 73.3 Å². The van der Waals surface area contributed by atoms with E-state index in [4.69, 9.17) is 9.47 Å². The van der Waals surface area contributed by atoms with Crippen molar-refractivity contribution >= 4 is 11.6 Å². The highest BCUT2D eigenvalue weighted by atomic mass is 19.1. The summed E-state index contributed by atoms with van der Waals surface area (Å²) >= 11 is 0. The fourth-order valence-corrected chi connectivity index (χ4v) is 3.02. The van der Waals surface area contributed by atoms with Gasteiger partial charge in [0.1, 0.15) is 11.5 Å². The van der Waals surface area contributed by atoms with Crippen molar-refractivity contribution in [3.05, 3.63) is 102 Å². The molecule has 4 rings (SSSR count). The Kier molecular flexibility index (Phi) is 6.07. The Morgan fingerprint density at radius 3 is 2.03 bits per heavy atom. The van der Waals surface area contributed by atoms with Crippen LogP contribution in [-0.4, -0.2) is 15.9 Å². The van der Waals surface area contributed by atoms with Crippen LogP contribution in [0.4, 0.5) is 10.1 Å². The van der Waals surface area contributed by atoms with Crippen LogP contribution in [0, 0.1) is 19.7 Å². The van der Waals surface area contributed by atoms with Gasteiger partial charge in [0.05, 0.1) is 17.1 Å². The molecule has 0 saturated heterocycles. The third kappa shape index (κ3) is 4.89. The molecule has 0 spiro atoms. The van der Waals surface area contributed by atoms with Crippen molar-refractivity contribution in [3.8, 4) is 23.3 Å². The number of halogens is 1. The molecule has 1 heterocycles. The molecule has 0 aliphatic rings. The Balaban J connectivity index is 1.46. The highest BCUT2D eigenvalue weighted by Gasteiger charge is 2.15. The highest BCUT2D eigenvalue weighted by Crippen LogP contribution is 2.26. The molecule has 1 amide bonds. The number of amides is 1. The molecule has 0 bridgehead atoms. The van der Waals surface area contributed by atoms with Gasteiger partial charge in [-0.2, -0.15) is 9.97 Å². The van der Waals surface area contributed by atoms with Crippen LogP contribution in [0.15, 0.2) is 78.9 Å². The minimum Gasteiger partial charge on any atom is -0.457 e. The molecule has 0 fully saturated rings. The Hall–Kier alpha value is -4.26. The van der Waals surface area contributed by atoms with Crippen molar-refractivity contribution < 1.29 is 18.7 Å². The van der Waals surface area contributed by atoms with Crippen LogP contribution in [0.1, 0.15) is 21.7 Å². The van der Waals surface area contributed by atoms with Gasteiger partial charge in [0.25, 0.3) is 5.91 Å². The normalized spacial score (nSPS) is 10.5. The fraction of sp³-hybridized carbons (Fsp3) is 0.0800. The molecule has 0 aliphatic carbocycles. The van der Waals surface area contributed by atoms with Crippen molar-refractivity contribution in [1.82, 2.24) is 9.97 Å². The van der Waals surface area contributed by atoms with E-state index in [1.54, 1.807) is 50.2 Å². The standard InChI is InChI=1S/C25H20FN3O3/c1-16-23(17(2)28-25(27-16)32-22-11-7-6-10-21(22)26)29-24(30)18-12-14-20(15-13-18)31-19-8-4-3-5-9-19/h3-15H,1-2H3,(H,29,30). The molecule has 1 N–H and O–H groups in total. The van der Waals surface area contributed by atoms with Crippen molar-refractivity contribution in [1.29, 1.82) is 0 Å². The predicted octanol–water partition coefficient (Wildman–Crippen LogP) is 6.07. The maximum atomic E-state index is 13.8. The number of para-hydroxylation sites is 2. The Morgan fingerprint density at radius 2 is 1.38 bits per heavy atom. The molecule has 160 valence electrons. The van der Waals surface area contributed by atoms with E-state index in [0.717, 1.165) is 0 Å². The monoisotopic (exact) mass is 429 g/mol. The van der Waals surface area contributed by atoms with E-state index in [2.05, 4.69) is 15.3 Å². The zero-order chi connectivity index (χ0) is 22.5. The number of benzene rings is 3. The maximum absolute atomic E-state index is 13.8. The molecule has 7 heteroatoms. The number of nitrogens with zero attached hydrogens (tertiary/aromatic N) is 2. The van der Waals surface area contributed by atoms with Gasteiger partial charge in [0, 0.05) is 5.56 Å². The molecule has 0 aliphatic heterocycles. The summed E-state index contributed by atoms with van der Waals surface area (Å²) in [7, 11) is 0.